The minimum Gasteiger partial charge on any atom is -0.480 e. The highest BCUT2D eigenvalue weighted by Crippen LogP contribution is 2.00. The quantitative estimate of drug-likeness (QED) is 0.559. The molecular weight excluding hydrogens is 134 g/mol. The summed E-state index contributed by atoms with van der Waals surface area (Å²) in [7, 11) is 1.40. The van der Waals surface area contributed by atoms with E-state index in [2.05, 4.69) is 10.3 Å². The third-order valence-electron chi connectivity index (χ3n) is 1.18. The lowest BCUT2D eigenvalue weighted by Crippen LogP contribution is -2.40. The Morgan fingerprint density at radius 3 is 2.20 bits per heavy atom. The second-order valence-electron chi connectivity index (χ2n) is 2.38. The molecule has 0 aromatic heterocycles. The van der Waals surface area contributed by atoms with Crippen molar-refractivity contribution in [1.82, 2.24) is 5.48 Å². The Bertz CT molecular complexity index is 114. The summed E-state index contributed by atoms with van der Waals surface area (Å²) in [5.41, 5.74) is 2.38. The molecule has 1 unspecified atom stereocenters. The Labute approximate surface area is 60.1 Å². The maximum atomic E-state index is 10.4. The van der Waals surface area contributed by atoms with Crippen LogP contribution in [0.15, 0.2) is 0 Å². The average Bonchev–Trinajstić information content (AvgIpc) is 1.81. The second-order valence-corrected chi connectivity index (χ2v) is 2.38. The van der Waals surface area contributed by atoms with E-state index in [9.17, 15) is 4.79 Å². The lowest BCUT2D eigenvalue weighted by Gasteiger charge is -2.15. The molecule has 0 aromatic carbocycles. The van der Waals surface area contributed by atoms with Crippen LogP contribution in [0.5, 0.6) is 0 Å². The Hall–Kier alpha value is -0.610. The van der Waals surface area contributed by atoms with Gasteiger partial charge >= 0.3 is 5.97 Å². The molecule has 10 heavy (non-hydrogen) atoms. The van der Waals surface area contributed by atoms with Crippen LogP contribution in [0.25, 0.3) is 0 Å². The highest BCUT2D eigenvalue weighted by atomic mass is 16.6. The molecule has 0 heterocycles. The number of carboxylic acids is 1. The van der Waals surface area contributed by atoms with Crippen molar-refractivity contribution >= 4 is 5.97 Å². The SMILES string of the molecule is CONC(C(=O)O)C(C)C. The molecule has 0 aliphatic rings. The lowest BCUT2D eigenvalue weighted by atomic mass is 10.1. The van der Waals surface area contributed by atoms with Crippen molar-refractivity contribution in [3.8, 4) is 0 Å². The molecule has 0 fully saturated rings. The summed E-state index contributed by atoms with van der Waals surface area (Å²) < 4.78 is 0. The van der Waals surface area contributed by atoms with Gasteiger partial charge in [0.25, 0.3) is 0 Å². The Balaban J connectivity index is 3.85. The van der Waals surface area contributed by atoms with E-state index < -0.39 is 12.0 Å². The van der Waals surface area contributed by atoms with E-state index in [1.54, 1.807) is 0 Å². The smallest absolute Gasteiger partial charge is 0.323 e. The van der Waals surface area contributed by atoms with Gasteiger partial charge in [-0.05, 0) is 5.92 Å². The number of rotatable bonds is 4. The molecule has 0 spiro atoms. The number of hydrogen-bond acceptors (Lipinski definition) is 3. The fourth-order valence-corrected chi connectivity index (χ4v) is 0.599. The minimum atomic E-state index is -0.892. The van der Waals surface area contributed by atoms with Gasteiger partial charge < -0.3 is 9.94 Å². The molecule has 0 aliphatic carbocycles. The molecule has 2 N–H and O–H groups in total. The maximum Gasteiger partial charge on any atom is 0.323 e. The van der Waals surface area contributed by atoms with Crippen LogP contribution in [0.1, 0.15) is 13.8 Å². The third kappa shape index (κ3) is 2.80. The van der Waals surface area contributed by atoms with Crippen molar-refractivity contribution in [2.75, 3.05) is 7.11 Å². The first-order valence-electron chi connectivity index (χ1n) is 3.11. The summed E-state index contributed by atoms with van der Waals surface area (Å²) in [5, 5.41) is 8.53. The number of hydrogen-bond donors (Lipinski definition) is 2. The molecule has 0 aromatic rings. The summed E-state index contributed by atoms with van der Waals surface area (Å²) in [6.07, 6.45) is 0. The predicted molar refractivity (Wildman–Crippen MR) is 36.4 cm³/mol. The summed E-state index contributed by atoms with van der Waals surface area (Å²) >= 11 is 0. The molecule has 0 aliphatic heterocycles. The van der Waals surface area contributed by atoms with Gasteiger partial charge in [-0.15, -0.1) is 0 Å². The third-order valence-corrected chi connectivity index (χ3v) is 1.18. The van der Waals surface area contributed by atoms with Crippen molar-refractivity contribution < 1.29 is 14.7 Å². The molecule has 1 atom stereocenters. The Kier molecular flexibility index (Phi) is 3.99. The molecule has 0 saturated carbocycles. The van der Waals surface area contributed by atoms with Crippen molar-refractivity contribution in [3.05, 3.63) is 0 Å². The van der Waals surface area contributed by atoms with Gasteiger partial charge in [0.2, 0.25) is 0 Å². The van der Waals surface area contributed by atoms with E-state index in [4.69, 9.17) is 5.11 Å². The summed E-state index contributed by atoms with van der Waals surface area (Å²) in [4.78, 5) is 14.9. The summed E-state index contributed by atoms with van der Waals surface area (Å²) in [5.74, 6) is -0.866. The van der Waals surface area contributed by atoms with Gasteiger partial charge in [0.05, 0.1) is 7.11 Å². The lowest BCUT2D eigenvalue weighted by molar-refractivity contribution is -0.144. The molecule has 4 heteroatoms. The van der Waals surface area contributed by atoms with Gasteiger partial charge in [-0.2, -0.15) is 5.48 Å². The van der Waals surface area contributed by atoms with Crippen LogP contribution >= 0.6 is 0 Å². The first kappa shape index (κ1) is 9.39. The highest BCUT2D eigenvalue weighted by molar-refractivity contribution is 5.73. The van der Waals surface area contributed by atoms with Crippen LogP contribution < -0.4 is 5.48 Å². The predicted octanol–water partition coefficient (Wildman–Crippen LogP) is 0.247. The molecule has 0 radical (unpaired) electrons. The first-order chi connectivity index (χ1) is 4.59. The van der Waals surface area contributed by atoms with Crippen LogP contribution in [0, 0.1) is 5.92 Å². The molecule has 4 nitrogen and oxygen atoms in total. The molecule has 0 saturated heterocycles. The maximum absolute atomic E-state index is 10.4. The van der Waals surface area contributed by atoms with Crippen molar-refractivity contribution in [3.63, 3.8) is 0 Å². The Morgan fingerprint density at radius 1 is 1.60 bits per heavy atom. The van der Waals surface area contributed by atoms with Gasteiger partial charge in [-0.1, -0.05) is 13.8 Å². The van der Waals surface area contributed by atoms with Crippen molar-refractivity contribution in [2.24, 2.45) is 5.92 Å². The fraction of sp³-hybridized carbons (Fsp3) is 0.833. The summed E-state index contributed by atoms with van der Waals surface area (Å²) in [6, 6.07) is -0.620. The molecule has 60 valence electrons. The van der Waals surface area contributed by atoms with Gasteiger partial charge in [-0.25, -0.2) is 0 Å². The Morgan fingerprint density at radius 2 is 2.10 bits per heavy atom. The van der Waals surface area contributed by atoms with Crippen molar-refractivity contribution in [1.29, 1.82) is 0 Å². The molecule has 0 rings (SSSR count). The van der Waals surface area contributed by atoms with E-state index in [1.165, 1.54) is 7.11 Å². The van der Waals surface area contributed by atoms with E-state index in [1.807, 2.05) is 13.8 Å². The van der Waals surface area contributed by atoms with Gasteiger partial charge in [0.1, 0.15) is 6.04 Å². The molecule has 0 bridgehead atoms. The number of nitrogens with one attached hydrogen (secondary N) is 1. The van der Waals surface area contributed by atoms with Crippen molar-refractivity contribution in [2.45, 2.75) is 19.9 Å². The van der Waals surface area contributed by atoms with E-state index >= 15 is 0 Å². The molecular formula is C6H13NO3. The largest absolute Gasteiger partial charge is 0.480 e. The van der Waals surface area contributed by atoms with Crippen LogP contribution in [-0.2, 0) is 9.63 Å². The number of aliphatic carboxylic acids is 1. The van der Waals surface area contributed by atoms with Gasteiger partial charge in [0, 0.05) is 0 Å². The zero-order valence-electron chi connectivity index (χ0n) is 6.42. The van der Waals surface area contributed by atoms with Gasteiger partial charge in [0.15, 0.2) is 0 Å². The van der Waals surface area contributed by atoms with Crippen LogP contribution in [0.4, 0.5) is 0 Å². The van der Waals surface area contributed by atoms with Crippen LogP contribution in [-0.4, -0.2) is 24.2 Å². The highest BCUT2D eigenvalue weighted by Gasteiger charge is 2.20. The monoisotopic (exact) mass is 147 g/mol. The van der Waals surface area contributed by atoms with Crippen LogP contribution in [0.2, 0.25) is 0 Å². The van der Waals surface area contributed by atoms with Gasteiger partial charge in [-0.3, -0.25) is 4.79 Å². The van der Waals surface area contributed by atoms with E-state index in [-0.39, 0.29) is 5.92 Å². The minimum absolute atomic E-state index is 0.0254. The first-order valence-corrected chi connectivity index (χ1v) is 3.11. The fourth-order valence-electron chi connectivity index (χ4n) is 0.599. The average molecular weight is 147 g/mol. The molecule has 0 amide bonds. The number of carbonyl (C=O) groups is 1. The normalized spacial score (nSPS) is 13.6. The van der Waals surface area contributed by atoms with E-state index in [0.717, 1.165) is 0 Å². The summed E-state index contributed by atoms with van der Waals surface area (Å²) in [6.45, 7) is 3.62. The standard InChI is InChI=1S/C6H13NO3/c1-4(2)5(6(8)9)7-10-3/h4-5,7H,1-3H3,(H,8,9). The van der Waals surface area contributed by atoms with Crippen LogP contribution in [0.3, 0.4) is 0 Å². The number of hydroxylamine groups is 1. The zero-order valence-corrected chi connectivity index (χ0v) is 6.42. The van der Waals surface area contributed by atoms with E-state index in [0.29, 0.717) is 0 Å². The topological polar surface area (TPSA) is 58.6 Å². The number of carboxylic acid groups (broad SMARTS) is 1. The second kappa shape index (κ2) is 4.24. The zero-order chi connectivity index (χ0) is 8.15.